The monoisotopic (exact) mass is 189 g/mol. The molecule has 0 bridgehead atoms. The van der Waals surface area contributed by atoms with Crippen LogP contribution in [-0.4, -0.2) is 16.0 Å². The summed E-state index contributed by atoms with van der Waals surface area (Å²) in [4.78, 5) is 8.44. The maximum Gasteiger partial charge on any atom is 0.129 e. The van der Waals surface area contributed by atoms with Gasteiger partial charge in [0.15, 0.2) is 0 Å². The first-order valence-corrected chi connectivity index (χ1v) is 5.37. The molecule has 2 fully saturated rings. The maximum absolute atomic E-state index is 4.35. The highest BCUT2D eigenvalue weighted by atomic mass is 15.0. The number of nitrogens with zero attached hydrogens (tertiary/aromatic N) is 2. The number of rotatable bonds is 2. The second-order valence-corrected chi connectivity index (χ2v) is 4.56. The molecule has 0 radical (unpaired) electrons. The van der Waals surface area contributed by atoms with E-state index in [1.165, 1.54) is 19.3 Å². The summed E-state index contributed by atoms with van der Waals surface area (Å²) in [7, 11) is 0. The summed E-state index contributed by atoms with van der Waals surface area (Å²) < 4.78 is 0. The Hall–Kier alpha value is -1.12. The van der Waals surface area contributed by atoms with Crippen LogP contribution in [0.1, 0.15) is 25.1 Å². The Bertz CT molecular complexity index is 340. The van der Waals surface area contributed by atoms with Crippen LogP contribution in [0.2, 0.25) is 0 Å². The molecule has 1 aromatic heterocycles. The van der Waals surface area contributed by atoms with E-state index in [0.717, 1.165) is 23.5 Å². The average molecular weight is 189 g/mol. The standard InChI is InChI=1S/C11H15N3/c1-7-12-3-2-11(13-7)14-10-5-8-4-9(8)6-10/h2-3,8-10H,4-6H2,1H3,(H,12,13,14). The molecule has 2 atom stereocenters. The van der Waals surface area contributed by atoms with Gasteiger partial charge in [-0.2, -0.15) is 0 Å². The van der Waals surface area contributed by atoms with Gasteiger partial charge < -0.3 is 5.32 Å². The predicted molar refractivity (Wildman–Crippen MR) is 55.0 cm³/mol. The Morgan fingerprint density at radius 2 is 2.07 bits per heavy atom. The number of nitrogens with one attached hydrogen (secondary N) is 1. The lowest BCUT2D eigenvalue weighted by Crippen LogP contribution is -2.18. The molecule has 3 nitrogen and oxygen atoms in total. The van der Waals surface area contributed by atoms with E-state index in [4.69, 9.17) is 0 Å². The Morgan fingerprint density at radius 3 is 2.79 bits per heavy atom. The van der Waals surface area contributed by atoms with Crippen molar-refractivity contribution in [3.63, 3.8) is 0 Å². The average Bonchev–Trinajstić information content (AvgIpc) is 2.74. The van der Waals surface area contributed by atoms with Crippen molar-refractivity contribution >= 4 is 5.82 Å². The van der Waals surface area contributed by atoms with Crippen LogP contribution in [0.5, 0.6) is 0 Å². The van der Waals surface area contributed by atoms with Crippen molar-refractivity contribution in [1.29, 1.82) is 0 Å². The number of hydrogen-bond acceptors (Lipinski definition) is 3. The van der Waals surface area contributed by atoms with Crippen molar-refractivity contribution in [2.45, 2.75) is 32.2 Å². The fraction of sp³-hybridized carbons (Fsp3) is 0.636. The van der Waals surface area contributed by atoms with Crippen LogP contribution in [0.3, 0.4) is 0 Å². The minimum Gasteiger partial charge on any atom is -0.367 e. The summed E-state index contributed by atoms with van der Waals surface area (Å²) in [6, 6.07) is 2.62. The van der Waals surface area contributed by atoms with Crippen LogP contribution in [0.4, 0.5) is 5.82 Å². The van der Waals surface area contributed by atoms with E-state index in [2.05, 4.69) is 15.3 Å². The van der Waals surface area contributed by atoms with E-state index in [1.54, 1.807) is 0 Å². The molecule has 74 valence electrons. The first kappa shape index (κ1) is 8.21. The van der Waals surface area contributed by atoms with E-state index in [0.29, 0.717) is 6.04 Å². The lowest BCUT2D eigenvalue weighted by molar-refractivity contribution is 0.648. The topological polar surface area (TPSA) is 37.8 Å². The molecule has 2 saturated carbocycles. The second kappa shape index (κ2) is 2.94. The molecule has 1 N–H and O–H groups in total. The summed E-state index contributed by atoms with van der Waals surface area (Å²) in [5, 5.41) is 3.49. The highest BCUT2D eigenvalue weighted by Gasteiger charge is 2.45. The van der Waals surface area contributed by atoms with Crippen LogP contribution in [0, 0.1) is 18.8 Å². The quantitative estimate of drug-likeness (QED) is 0.773. The first-order valence-electron chi connectivity index (χ1n) is 5.37. The molecule has 0 spiro atoms. The minimum absolute atomic E-state index is 0.660. The van der Waals surface area contributed by atoms with E-state index >= 15 is 0 Å². The molecule has 3 heteroatoms. The van der Waals surface area contributed by atoms with Crippen LogP contribution in [0.15, 0.2) is 12.3 Å². The molecule has 1 heterocycles. The maximum atomic E-state index is 4.35. The number of aromatic nitrogens is 2. The summed E-state index contributed by atoms with van der Waals surface area (Å²) in [6.45, 7) is 1.93. The normalized spacial score (nSPS) is 33.9. The van der Waals surface area contributed by atoms with Crippen LogP contribution >= 0.6 is 0 Å². The molecule has 3 rings (SSSR count). The molecule has 0 saturated heterocycles. The van der Waals surface area contributed by atoms with E-state index in [-0.39, 0.29) is 0 Å². The van der Waals surface area contributed by atoms with Gasteiger partial charge in [-0.1, -0.05) is 0 Å². The van der Waals surface area contributed by atoms with Gasteiger partial charge >= 0.3 is 0 Å². The molecule has 1 aromatic rings. The third kappa shape index (κ3) is 1.47. The Balaban J connectivity index is 1.66. The Kier molecular flexibility index (Phi) is 1.72. The van der Waals surface area contributed by atoms with E-state index < -0.39 is 0 Å². The van der Waals surface area contributed by atoms with Gasteiger partial charge in [0, 0.05) is 12.2 Å². The lowest BCUT2D eigenvalue weighted by Gasteiger charge is -2.14. The Morgan fingerprint density at radius 1 is 1.29 bits per heavy atom. The summed E-state index contributed by atoms with van der Waals surface area (Å²) >= 11 is 0. The third-order valence-corrected chi connectivity index (χ3v) is 3.37. The lowest BCUT2D eigenvalue weighted by atomic mass is 10.1. The van der Waals surface area contributed by atoms with Crippen molar-refractivity contribution < 1.29 is 0 Å². The van der Waals surface area contributed by atoms with Gasteiger partial charge in [0.2, 0.25) is 0 Å². The largest absolute Gasteiger partial charge is 0.367 e. The Labute approximate surface area is 84.0 Å². The summed E-state index contributed by atoms with van der Waals surface area (Å²) in [6.07, 6.45) is 5.97. The number of hydrogen-bond donors (Lipinski definition) is 1. The SMILES string of the molecule is Cc1nccc(NC2CC3CC3C2)n1. The zero-order valence-electron chi connectivity index (χ0n) is 8.40. The second-order valence-electron chi connectivity index (χ2n) is 4.56. The number of aryl methyl sites for hydroxylation is 1. The van der Waals surface area contributed by atoms with E-state index in [9.17, 15) is 0 Å². The van der Waals surface area contributed by atoms with Gasteiger partial charge in [-0.15, -0.1) is 0 Å². The van der Waals surface area contributed by atoms with Crippen molar-refractivity contribution in [1.82, 2.24) is 9.97 Å². The zero-order valence-corrected chi connectivity index (χ0v) is 8.40. The molecule has 14 heavy (non-hydrogen) atoms. The smallest absolute Gasteiger partial charge is 0.129 e. The molecule has 2 aliphatic rings. The van der Waals surface area contributed by atoms with Crippen molar-refractivity contribution in [2.24, 2.45) is 11.8 Å². The van der Waals surface area contributed by atoms with Gasteiger partial charge in [-0.05, 0) is 44.1 Å². The molecular weight excluding hydrogens is 174 g/mol. The van der Waals surface area contributed by atoms with Crippen LogP contribution in [0.25, 0.3) is 0 Å². The number of anilines is 1. The fourth-order valence-electron chi connectivity index (χ4n) is 2.58. The number of fused-ring (bicyclic) bond motifs is 1. The minimum atomic E-state index is 0.660. The first-order chi connectivity index (χ1) is 6.81. The van der Waals surface area contributed by atoms with Crippen molar-refractivity contribution in [3.05, 3.63) is 18.1 Å². The summed E-state index contributed by atoms with van der Waals surface area (Å²) in [5.41, 5.74) is 0. The van der Waals surface area contributed by atoms with Gasteiger partial charge in [0.05, 0.1) is 0 Å². The highest BCUT2D eigenvalue weighted by molar-refractivity contribution is 5.35. The molecular formula is C11H15N3. The van der Waals surface area contributed by atoms with Gasteiger partial charge in [-0.3, -0.25) is 0 Å². The van der Waals surface area contributed by atoms with Crippen molar-refractivity contribution in [3.8, 4) is 0 Å². The van der Waals surface area contributed by atoms with Crippen molar-refractivity contribution in [2.75, 3.05) is 5.32 Å². The molecule has 2 unspecified atom stereocenters. The third-order valence-electron chi connectivity index (χ3n) is 3.37. The van der Waals surface area contributed by atoms with Gasteiger partial charge in [0.1, 0.15) is 11.6 Å². The highest BCUT2D eigenvalue weighted by Crippen LogP contribution is 2.52. The predicted octanol–water partition coefficient (Wildman–Crippen LogP) is 2.00. The van der Waals surface area contributed by atoms with Crippen LogP contribution < -0.4 is 5.32 Å². The van der Waals surface area contributed by atoms with Crippen LogP contribution in [-0.2, 0) is 0 Å². The van der Waals surface area contributed by atoms with Gasteiger partial charge in [0.25, 0.3) is 0 Å². The fourth-order valence-corrected chi connectivity index (χ4v) is 2.58. The summed E-state index contributed by atoms with van der Waals surface area (Å²) in [5.74, 6) is 3.88. The van der Waals surface area contributed by atoms with E-state index in [1.807, 2.05) is 19.2 Å². The molecule has 2 aliphatic carbocycles. The molecule has 0 amide bonds. The van der Waals surface area contributed by atoms with Gasteiger partial charge in [-0.25, -0.2) is 9.97 Å². The zero-order chi connectivity index (χ0) is 9.54. The molecule has 0 aromatic carbocycles. The molecule has 0 aliphatic heterocycles.